The minimum Gasteiger partial charge on any atom is -0.508 e. The Hall–Kier alpha value is -2.95. The van der Waals surface area contributed by atoms with Crippen molar-refractivity contribution in [3.63, 3.8) is 0 Å². The van der Waals surface area contributed by atoms with Gasteiger partial charge in [0.2, 0.25) is 6.41 Å². The second kappa shape index (κ2) is 9.50. The average Bonchev–Trinajstić information content (AvgIpc) is 3.13. The van der Waals surface area contributed by atoms with Crippen molar-refractivity contribution < 1.29 is 14.6 Å². The van der Waals surface area contributed by atoms with Gasteiger partial charge in [0.25, 0.3) is 0 Å². The van der Waals surface area contributed by atoms with Crippen LogP contribution < -0.4 is 10.1 Å². The van der Waals surface area contributed by atoms with Crippen LogP contribution in [0.4, 0.5) is 0 Å². The lowest BCUT2D eigenvalue weighted by Crippen LogP contribution is -2.22. The smallest absolute Gasteiger partial charge is 0.207 e. The van der Waals surface area contributed by atoms with Gasteiger partial charge in [0.1, 0.15) is 11.5 Å². The third kappa shape index (κ3) is 4.56. The number of carbonyl (C=O) groups is 1. The van der Waals surface area contributed by atoms with Crippen LogP contribution in [0.15, 0.2) is 36.5 Å². The van der Waals surface area contributed by atoms with Crippen molar-refractivity contribution >= 4 is 17.3 Å². The lowest BCUT2D eigenvalue weighted by atomic mass is 9.91. The number of nitrogens with one attached hydrogen (secondary N) is 2. The molecule has 1 amide bonds. The minimum atomic E-state index is -0.0776. The van der Waals surface area contributed by atoms with Crippen molar-refractivity contribution in [2.24, 2.45) is 0 Å². The Labute approximate surface area is 172 Å². The summed E-state index contributed by atoms with van der Waals surface area (Å²) in [5.41, 5.74) is 5.66. The zero-order valence-corrected chi connectivity index (χ0v) is 17.4. The van der Waals surface area contributed by atoms with E-state index >= 15 is 0 Å². The Kier molecular flexibility index (Phi) is 6.81. The van der Waals surface area contributed by atoms with E-state index in [4.69, 9.17) is 4.74 Å². The van der Waals surface area contributed by atoms with E-state index in [1.54, 1.807) is 19.2 Å². The third-order valence-corrected chi connectivity index (χ3v) is 5.54. The minimum absolute atomic E-state index is 0.0776. The van der Waals surface area contributed by atoms with Crippen LogP contribution in [0.1, 0.15) is 55.0 Å². The van der Waals surface area contributed by atoms with Crippen molar-refractivity contribution in [3.05, 3.63) is 58.8 Å². The fraction of sp³-hybridized carbons (Fsp3) is 0.375. The second-order valence-electron chi connectivity index (χ2n) is 7.39. The highest BCUT2D eigenvalue weighted by Gasteiger charge is 2.18. The SMILES string of the molecule is CCCc1cc(C(CCc2c[nH]c3ccc(O)cc23)NC=O)c(CC)cc1OC. The molecule has 5 nitrogen and oxygen atoms in total. The van der Waals surface area contributed by atoms with Crippen LogP contribution in [0.25, 0.3) is 10.9 Å². The first kappa shape index (κ1) is 20.8. The highest BCUT2D eigenvalue weighted by atomic mass is 16.5. The summed E-state index contributed by atoms with van der Waals surface area (Å²) in [7, 11) is 1.71. The first-order valence-electron chi connectivity index (χ1n) is 10.3. The summed E-state index contributed by atoms with van der Waals surface area (Å²) in [5.74, 6) is 1.18. The Morgan fingerprint density at radius 3 is 2.66 bits per heavy atom. The summed E-state index contributed by atoms with van der Waals surface area (Å²) in [4.78, 5) is 14.6. The molecule has 1 heterocycles. The molecule has 0 aliphatic heterocycles. The van der Waals surface area contributed by atoms with Crippen molar-refractivity contribution in [1.29, 1.82) is 0 Å². The van der Waals surface area contributed by atoms with Gasteiger partial charge in [0, 0.05) is 17.1 Å². The largest absolute Gasteiger partial charge is 0.508 e. The highest BCUT2D eigenvalue weighted by Crippen LogP contribution is 2.32. The number of phenols is 1. The molecule has 3 aromatic rings. The van der Waals surface area contributed by atoms with Gasteiger partial charge in [-0.2, -0.15) is 0 Å². The van der Waals surface area contributed by atoms with Gasteiger partial charge in [0.15, 0.2) is 0 Å². The Morgan fingerprint density at radius 2 is 1.97 bits per heavy atom. The Balaban J connectivity index is 1.91. The van der Waals surface area contributed by atoms with Crippen LogP contribution >= 0.6 is 0 Å². The molecule has 0 aliphatic rings. The maximum Gasteiger partial charge on any atom is 0.207 e. The number of ether oxygens (including phenoxy) is 1. The normalized spacial score (nSPS) is 12.1. The standard InChI is InChI=1S/C24H30N2O3/c1-4-6-17-11-20(16(5-2)12-24(17)29-3)23(26-15-27)9-7-18-14-25-22-10-8-19(28)13-21(18)22/h8,10-15,23,25,28H,4-7,9H2,1-3H3,(H,26,27). The number of H-pyrrole nitrogens is 1. The molecular formula is C24H30N2O3. The van der Waals surface area contributed by atoms with Crippen LogP contribution in [0.2, 0.25) is 0 Å². The van der Waals surface area contributed by atoms with Gasteiger partial charge in [-0.3, -0.25) is 4.79 Å². The number of methoxy groups -OCH3 is 1. The number of aromatic hydroxyl groups is 1. The van der Waals surface area contributed by atoms with Gasteiger partial charge in [0.05, 0.1) is 13.2 Å². The third-order valence-electron chi connectivity index (χ3n) is 5.54. The molecule has 3 N–H and O–H groups in total. The highest BCUT2D eigenvalue weighted by molar-refractivity contribution is 5.84. The van der Waals surface area contributed by atoms with Crippen molar-refractivity contribution in [2.75, 3.05) is 7.11 Å². The number of aryl methyl sites for hydroxylation is 3. The fourth-order valence-electron chi connectivity index (χ4n) is 4.05. The number of rotatable bonds is 10. The van der Waals surface area contributed by atoms with Gasteiger partial charge >= 0.3 is 0 Å². The molecule has 154 valence electrons. The predicted octanol–water partition coefficient (Wildman–Crippen LogP) is 4.82. The summed E-state index contributed by atoms with van der Waals surface area (Å²) in [6.07, 6.45) is 7.17. The number of phenolic OH excluding ortho intramolecular Hbond substituents is 1. The first-order valence-corrected chi connectivity index (χ1v) is 10.3. The monoisotopic (exact) mass is 394 g/mol. The number of fused-ring (bicyclic) bond motifs is 1. The maximum atomic E-state index is 11.4. The molecule has 0 spiro atoms. The van der Waals surface area contributed by atoms with E-state index in [-0.39, 0.29) is 11.8 Å². The van der Waals surface area contributed by atoms with Crippen LogP contribution in [-0.2, 0) is 24.1 Å². The Morgan fingerprint density at radius 1 is 1.14 bits per heavy atom. The van der Waals surface area contributed by atoms with Crippen molar-refractivity contribution in [3.8, 4) is 11.5 Å². The van der Waals surface area contributed by atoms with Crippen molar-refractivity contribution in [2.45, 2.75) is 52.0 Å². The van der Waals surface area contributed by atoms with Gasteiger partial charge in [-0.15, -0.1) is 0 Å². The van der Waals surface area contributed by atoms with E-state index in [9.17, 15) is 9.90 Å². The quantitative estimate of drug-likeness (QED) is 0.432. The number of carbonyl (C=O) groups excluding carboxylic acids is 1. The van der Waals surface area contributed by atoms with Gasteiger partial charge in [-0.25, -0.2) is 0 Å². The van der Waals surface area contributed by atoms with Gasteiger partial charge in [-0.05, 0) is 78.3 Å². The second-order valence-corrected chi connectivity index (χ2v) is 7.39. The molecule has 0 aliphatic carbocycles. The molecule has 5 heteroatoms. The number of benzene rings is 2. The summed E-state index contributed by atoms with van der Waals surface area (Å²) in [6, 6.07) is 9.58. The number of aromatic amines is 1. The zero-order valence-electron chi connectivity index (χ0n) is 17.4. The molecule has 1 aromatic heterocycles. The van der Waals surface area contributed by atoms with Crippen LogP contribution in [0, 0.1) is 0 Å². The lowest BCUT2D eigenvalue weighted by Gasteiger charge is -2.22. The van der Waals surface area contributed by atoms with Crippen LogP contribution in [0.5, 0.6) is 11.5 Å². The van der Waals surface area contributed by atoms with E-state index in [1.165, 1.54) is 11.1 Å². The topological polar surface area (TPSA) is 74.4 Å². The van der Waals surface area contributed by atoms with E-state index < -0.39 is 0 Å². The summed E-state index contributed by atoms with van der Waals surface area (Å²) < 4.78 is 5.60. The number of hydrogen-bond donors (Lipinski definition) is 3. The molecule has 29 heavy (non-hydrogen) atoms. The maximum absolute atomic E-state index is 11.4. The van der Waals surface area contributed by atoms with E-state index in [0.717, 1.165) is 66.3 Å². The molecule has 0 bridgehead atoms. The fourth-order valence-corrected chi connectivity index (χ4v) is 4.05. The molecule has 0 saturated carbocycles. The predicted molar refractivity (Wildman–Crippen MR) is 117 cm³/mol. The van der Waals surface area contributed by atoms with Crippen molar-refractivity contribution in [1.82, 2.24) is 10.3 Å². The summed E-state index contributed by atoms with van der Waals surface area (Å²) >= 11 is 0. The van der Waals surface area contributed by atoms with Crippen LogP contribution in [0.3, 0.4) is 0 Å². The number of amides is 1. The molecular weight excluding hydrogens is 364 g/mol. The average molecular weight is 395 g/mol. The van der Waals surface area contributed by atoms with E-state index in [0.29, 0.717) is 0 Å². The number of aromatic nitrogens is 1. The Bertz CT molecular complexity index is 978. The molecule has 1 atom stereocenters. The lowest BCUT2D eigenvalue weighted by molar-refractivity contribution is -0.110. The molecule has 1 unspecified atom stereocenters. The van der Waals surface area contributed by atoms with Gasteiger partial charge < -0.3 is 20.1 Å². The molecule has 0 radical (unpaired) electrons. The van der Waals surface area contributed by atoms with Crippen LogP contribution in [-0.4, -0.2) is 23.6 Å². The molecule has 2 aromatic carbocycles. The summed E-state index contributed by atoms with van der Waals surface area (Å²) in [5, 5.41) is 13.9. The van der Waals surface area contributed by atoms with E-state index in [1.807, 2.05) is 12.3 Å². The van der Waals surface area contributed by atoms with E-state index in [2.05, 4.69) is 36.3 Å². The first-order chi connectivity index (χ1) is 14.1. The zero-order chi connectivity index (χ0) is 20.8. The molecule has 0 fully saturated rings. The summed E-state index contributed by atoms with van der Waals surface area (Å²) in [6.45, 7) is 4.28. The molecule has 3 rings (SSSR count). The molecule has 0 saturated heterocycles. The number of hydrogen-bond acceptors (Lipinski definition) is 3. The van der Waals surface area contributed by atoms with Gasteiger partial charge in [-0.1, -0.05) is 20.3 Å².